The second-order valence-electron chi connectivity index (χ2n) is 8.16. The van der Waals surface area contributed by atoms with Gasteiger partial charge in [-0.3, -0.25) is 9.48 Å². The summed E-state index contributed by atoms with van der Waals surface area (Å²) in [5.74, 6) is 0.614. The minimum atomic E-state index is -0.199. The molecular weight excluding hydrogens is 382 g/mol. The fraction of sp³-hybridized carbons (Fsp3) is 0.409. The molecule has 3 heterocycles. The molecule has 0 radical (unpaired) electrons. The number of likely N-dealkylation sites (tertiary alicyclic amines) is 1. The van der Waals surface area contributed by atoms with Gasteiger partial charge in [0.05, 0.1) is 5.69 Å². The molecule has 0 atom stereocenters. The van der Waals surface area contributed by atoms with Crippen LogP contribution in [-0.2, 0) is 12.5 Å². The van der Waals surface area contributed by atoms with Crippen molar-refractivity contribution >= 4 is 22.4 Å². The van der Waals surface area contributed by atoms with Crippen molar-refractivity contribution in [1.29, 1.82) is 0 Å². The van der Waals surface area contributed by atoms with Crippen LogP contribution in [0, 0.1) is 0 Å². The van der Waals surface area contributed by atoms with Gasteiger partial charge in [0.15, 0.2) is 10.8 Å². The molecule has 29 heavy (non-hydrogen) atoms. The van der Waals surface area contributed by atoms with E-state index in [9.17, 15) is 4.79 Å². The molecule has 2 fully saturated rings. The Kier molecular flexibility index (Phi) is 4.42. The van der Waals surface area contributed by atoms with E-state index in [0.29, 0.717) is 29.8 Å². The topological polar surface area (TPSA) is 77.0 Å². The van der Waals surface area contributed by atoms with Gasteiger partial charge in [0, 0.05) is 42.5 Å². The molecule has 1 aliphatic carbocycles. The number of aryl methyl sites for hydroxylation is 1. The fourth-order valence-corrected chi connectivity index (χ4v) is 5.22. The number of amides is 1. The first kappa shape index (κ1) is 18.4. The van der Waals surface area contributed by atoms with E-state index in [2.05, 4.69) is 39.7 Å². The maximum Gasteiger partial charge on any atom is 0.274 e. The predicted molar refractivity (Wildman–Crippen MR) is 114 cm³/mol. The molecule has 0 spiro atoms. The monoisotopic (exact) mass is 407 g/mol. The Morgan fingerprint density at radius 2 is 1.93 bits per heavy atom. The van der Waals surface area contributed by atoms with Gasteiger partial charge in [-0.05, 0) is 37.3 Å². The minimum Gasteiger partial charge on any atom is -0.375 e. The average molecular weight is 408 g/mol. The summed E-state index contributed by atoms with van der Waals surface area (Å²) < 4.78 is 1.88. The molecule has 2 aliphatic rings. The quantitative estimate of drug-likeness (QED) is 0.717. The van der Waals surface area contributed by atoms with Gasteiger partial charge in [-0.1, -0.05) is 30.3 Å². The van der Waals surface area contributed by atoms with E-state index >= 15 is 0 Å². The van der Waals surface area contributed by atoms with E-state index in [1.165, 1.54) is 35.4 Å². The van der Waals surface area contributed by atoms with Gasteiger partial charge in [0.2, 0.25) is 0 Å². The van der Waals surface area contributed by atoms with Gasteiger partial charge in [-0.2, -0.15) is 5.10 Å². The highest BCUT2D eigenvalue weighted by atomic mass is 32.1. The zero-order valence-corrected chi connectivity index (χ0v) is 17.4. The number of aromatic nitrogens is 3. The normalized spacial score (nSPS) is 18.7. The molecule has 5 rings (SSSR count). The number of hydrogen-bond donors (Lipinski definition) is 1. The van der Waals surface area contributed by atoms with Crippen LogP contribution in [0.5, 0.6) is 0 Å². The third-order valence-electron chi connectivity index (χ3n) is 6.37. The molecule has 1 aromatic carbocycles. The molecule has 1 saturated heterocycles. The van der Waals surface area contributed by atoms with Crippen molar-refractivity contribution in [2.45, 2.75) is 37.0 Å². The molecule has 1 amide bonds. The number of rotatable bonds is 4. The third kappa shape index (κ3) is 3.23. The van der Waals surface area contributed by atoms with Crippen LogP contribution in [0.15, 0.2) is 41.8 Å². The zero-order valence-electron chi connectivity index (χ0n) is 16.5. The van der Waals surface area contributed by atoms with Gasteiger partial charge in [-0.25, -0.2) is 4.98 Å². The Balaban J connectivity index is 1.39. The van der Waals surface area contributed by atoms with Crippen molar-refractivity contribution in [3.05, 3.63) is 64.4 Å². The molecule has 3 aromatic rings. The van der Waals surface area contributed by atoms with Gasteiger partial charge in [0.25, 0.3) is 5.91 Å². The number of thiazole rings is 1. The number of nitrogen functional groups attached to an aromatic ring is 1. The largest absolute Gasteiger partial charge is 0.375 e. The predicted octanol–water partition coefficient (Wildman–Crippen LogP) is 3.56. The first-order valence-electron chi connectivity index (χ1n) is 10.2. The summed E-state index contributed by atoms with van der Waals surface area (Å²) in [4.78, 5) is 19.7. The third-order valence-corrected chi connectivity index (χ3v) is 7.05. The number of piperidine rings is 1. The number of hydrogen-bond acceptors (Lipinski definition) is 5. The van der Waals surface area contributed by atoms with Crippen LogP contribution in [-0.4, -0.2) is 38.7 Å². The van der Waals surface area contributed by atoms with Crippen LogP contribution in [0.3, 0.4) is 0 Å². The maximum absolute atomic E-state index is 13.1. The molecule has 2 aromatic heterocycles. The van der Waals surface area contributed by atoms with E-state index in [4.69, 9.17) is 5.73 Å². The number of carbonyl (C=O) groups is 1. The van der Waals surface area contributed by atoms with E-state index in [1.807, 2.05) is 28.8 Å². The van der Waals surface area contributed by atoms with Crippen molar-refractivity contribution in [2.75, 3.05) is 18.8 Å². The Morgan fingerprint density at radius 1 is 1.21 bits per heavy atom. The van der Waals surface area contributed by atoms with Crippen LogP contribution in [0.2, 0.25) is 0 Å². The lowest BCUT2D eigenvalue weighted by molar-refractivity contribution is 0.0677. The van der Waals surface area contributed by atoms with Crippen LogP contribution < -0.4 is 5.73 Å². The summed E-state index contributed by atoms with van der Waals surface area (Å²) in [6.07, 6.45) is 4.06. The van der Waals surface area contributed by atoms with Gasteiger partial charge in [0.1, 0.15) is 0 Å². The lowest BCUT2D eigenvalue weighted by Crippen LogP contribution is -2.46. The molecule has 1 aliphatic heterocycles. The molecule has 0 bridgehead atoms. The highest BCUT2D eigenvalue weighted by Gasteiger charge is 2.41. The van der Waals surface area contributed by atoms with Crippen LogP contribution >= 0.6 is 11.3 Å². The number of carbonyl (C=O) groups excluding carboxylic acids is 1. The molecular formula is C22H25N5OS. The molecule has 0 unspecified atom stereocenters. The first-order chi connectivity index (χ1) is 14.1. The van der Waals surface area contributed by atoms with Crippen LogP contribution in [0.1, 0.15) is 59.0 Å². The highest BCUT2D eigenvalue weighted by Crippen LogP contribution is 2.43. The van der Waals surface area contributed by atoms with Gasteiger partial charge < -0.3 is 10.6 Å². The van der Waals surface area contributed by atoms with Gasteiger partial charge >= 0.3 is 0 Å². The van der Waals surface area contributed by atoms with Crippen molar-refractivity contribution in [3.8, 4) is 0 Å². The number of anilines is 1. The summed E-state index contributed by atoms with van der Waals surface area (Å²) >= 11 is 1.48. The second kappa shape index (κ2) is 6.99. The average Bonchev–Trinajstić information content (AvgIpc) is 3.38. The summed E-state index contributed by atoms with van der Waals surface area (Å²) in [6.45, 7) is 1.36. The summed E-state index contributed by atoms with van der Waals surface area (Å²) in [6, 6.07) is 12.5. The maximum atomic E-state index is 13.1. The van der Waals surface area contributed by atoms with E-state index in [1.54, 1.807) is 0 Å². The molecule has 150 valence electrons. The standard InChI is InChI=1S/C22H25N5OS/c1-26-18(15-7-8-15)13-17(25-26)20(28)27-11-9-22(10-12-27,16-5-3-2-4-6-16)19-14-29-21(23)24-19/h2-6,13-15H,7-12H2,1H3,(H2,23,24). The van der Waals surface area contributed by atoms with Crippen LogP contribution in [0.4, 0.5) is 5.13 Å². The second-order valence-corrected chi connectivity index (χ2v) is 9.05. The Morgan fingerprint density at radius 3 is 2.55 bits per heavy atom. The Hall–Kier alpha value is -2.67. The number of benzene rings is 1. The van der Waals surface area contributed by atoms with E-state index < -0.39 is 0 Å². The molecule has 7 heteroatoms. The van der Waals surface area contributed by atoms with Crippen LogP contribution in [0.25, 0.3) is 0 Å². The first-order valence-corrected chi connectivity index (χ1v) is 11.0. The summed E-state index contributed by atoms with van der Waals surface area (Å²) in [5, 5.41) is 7.16. The molecule has 6 nitrogen and oxygen atoms in total. The lowest BCUT2D eigenvalue weighted by atomic mass is 9.70. The van der Waals surface area contributed by atoms with Crippen molar-refractivity contribution in [3.63, 3.8) is 0 Å². The smallest absolute Gasteiger partial charge is 0.274 e. The SMILES string of the molecule is Cn1nc(C(=O)N2CCC(c3ccccc3)(c3csc(N)n3)CC2)cc1C1CC1. The Bertz CT molecular complexity index is 1030. The number of nitrogens with two attached hydrogens (primary N) is 1. The van der Waals surface area contributed by atoms with Crippen molar-refractivity contribution < 1.29 is 4.79 Å². The molecule has 2 N–H and O–H groups in total. The van der Waals surface area contributed by atoms with E-state index in [-0.39, 0.29) is 11.3 Å². The summed E-state index contributed by atoms with van der Waals surface area (Å²) in [7, 11) is 1.94. The summed E-state index contributed by atoms with van der Waals surface area (Å²) in [5.41, 5.74) is 9.77. The van der Waals surface area contributed by atoms with E-state index in [0.717, 1.165) is 18.5 Å². The Labute approximate surface area is 174 Å². The van der Waals surface area contributed by atoms with Crippen molar-refractivity contribution in [2.24, 2.45) is 7.05 Å². The molecule has 1 saturated carbocycles. The van der Waals surface area contributed by atoms with Crippen molar-refractivity contribution in [1.82, 2.24) is 19.7 Å². The zero-order chi connectivity index (χ0) is 20.0. The number of nitrogens with zero attached hydrogens (tertiary/aromatic N) is 4. The fourth-order valence-electron chi connectivity index (χ4n) is 4.56. The highest BCUT2D eigenvalue weighted by molar-refractivity contribution is 7.13. The lowest BCUT2D eigenvalue weighted by Gasteiger charge is -2.41. The minimum absolute atomic E-state index is 0.0342. The van der Waals surface area contributed by atoms with Gasteiger partial charge in [-0.15, -0.1) is 11.3 Å².